The van der Waals surface area contributed by atoms with Gasteiger partial charge in [0.2, 0.25) is 0 Å². The van der Waals surface area contributed by atoms with Crippen molar-refractivity contribution in [1.29, 1.82) is 0 Å². The van der Waals surface area contributed by atoms with E-state index in [4.69, 9.17) is 19.9 Å². The van der Waals surface area contributed by atoms with Crippen LogP contribution in [0.15, 0.2) is 48.0 Å². The molecule has 10 nitrogen and oxygen atoms in total. The Morgan fingerprint density at radius 2 is 1.78 bits per heavy atom. The van der Waals surface area contributed by atoms with Gasteiger partial charge in [0, 0.05) is 31.7 Å². The van der Waals surface area contributed by atoms with Crippen molar-refractivity contribution in [3.8, 4) is 11.5 Å². The SMILES string of the molecule is CCCCOc1ccc(/C(O)=C2\C(=O)C(=O)N(CCCN3CCOCC3)C2c2ccc(OCC(N)=O)cc2)cc1C. The molecule has 0 aromatic heterocycles. The minimum atomic E-state index is -0.786. The van der Waals surface area contributed by atoms with Gasteiger partial charge in [-0.2, -0.15) is 0 Å². The zero-order valence-corrected chi connectivity index (χ0v) is 23.8. The summed E-state index contributed by atoms with van der Waals surface area (Å²) in [5.41, 5.74) is 7.10. The molecule has 10 heteroatoms. The number of morpholine rings is 1. The normalized spacial score (nSPS) is 19.0. The summed E-state index contributed by atoms with van der Waals surface area (Å²) in [4.78, 5) is 41.7. The summed E-state index contributed by atoms with van der Waals surface area (Å²) in [5, 5.41) is 11.5. The highest BCUT2D eigenvalue weighted by Crippen LogP contribution is 2.40. The average Bonchev–Trinajstić information content (AvgIpc) is 3.22. The second-order valence-electron chi connectivity index (χ2n) is 10.3. The van der Waals surface area contributed by atoms with E-state index in [9.17, 15) is 19.5 Å². The largest absolute Gasteiger partial charge is 0.507 e. The van der Waals surface area contributed by atoms with E-state index in [1.807, 2.05) is 6.92 Å². The third-order valence-corrected chi connectivity index (χ3v) is 7.30. The summed E-state index contributed by atoms with van der Waals surface area (Å²) in [7, 11) is 0. The lowest BCUT2D eigenvalue weighted by Crippen LogP contribution is -2.38. The summed E-state index contributed by atoms with van der Waals surface area (Å²) >= 11 is 0. The number of hydrogen-bond acceptors (Lipinski definition) is 8. The maximum absolute atomic E-state index is 13.4. The zero-order valence-electron chi connectivity index (χ0n) is 23.8. The zero-order chi connectivity index (χ0) is 29.4. The Labute approximate surface area is 240 Å². The van der Waals surface area contributed by atoms with Crippen LogP contribution in [0.25, 0.3) is 5.76 Å². The molecule has 2 saturated heterocycles. The van der Waals surface area contributed by atoms with Crippen LogP contribution in [0.5, 0.6) is 11.5 Å². The van der Waals surface area contributed by atoms with E-state index in [2.05, 4.69) is 11.8 Å². The number of aryl methyl sites for hydroxylation is 1. The van der Waals surface area contributed by atoms with Gasteiger partial charge in [-0.3, -0.25) is 19.3 Å². The standard InChI is InChI=1S/C31H39N3O7/c1-3-4-16-40-25-11-8-23(19-21(25)2)29(36)27-28(22-6-9-24(10-7-22)41-20-26(32)35)34(31(38)30(27)37)13-5-12-33-14-17-39-18-15-33/h6-11,19,28,36H,3-5,12-18,20H2,1-2H3,(H2,32,35)/b29-27+. The lowest BCUT2D eigenvalue weighted by Gasteiger charge is -2.29. The highest BCUT2D eigenvalue weighted by atomic mass is 16.5. The van der Waals surface area contributed by atoms with E-state index in [0.29, 0.717) is 55.4 Å². The number of unbranched alkanes of at least 4 members (excludes halogenated alkanes) is 1. The van der Waals surface area contributed by atoms with Gasteiger partial charge in [-0.05, 0) is 61.2 Å². The number of nitrogens with zero attached hydrogens (tertiary/aromatic N) is 2. The maximum atomic E-state index is 13.4. The average molecular weight is 566 g/mol. The quantitative estimate of drug-likeness (QED) is 0.164. The molecule has 2 aliphatic rings. The minimum absolute atomic E-state index is 0.0335. The van der Waals surface area contributed by atoms with Gasteiger partial charge >= 0.3 is 0 Å². The lowest BCUT2D eigenvalue weighted by molar-refractivity contribution is -0.140. The Morgan fingerprint density at radius 1 is 1.05 bits per heavy atom. The highest BCUT2D eigenvalue weighted by molar-refractivity contribution is 6.46. The number of Topliss-reactive ketones (excluding diaryl/α,β-unsaturated/α-hetero) is 1. The first-order chi connectivity index (χ1) is 19.8. The van der Waals surface area contributed by atoms with Crippen LogP contribution in [0.1, 0.15) is 48.9 Å². The fourth-order valence-corrected chi connectivity index (χ4v) is 5.09. The number of ether oxygens (including phenoxy) is 3. The van der Waals surface area contributed by atoms with Crippen LogP contribution in [-0.2, 0) is 19.1 Å². The van der Waals surface area contributed by atoms with Crippen LogP contribution >= 0.6 is 0 Å². The Hall–Kier alpha value is -3.89. The topological polar surface area (TPSA) is 132 Å². The number of amides is 2. The number of ketones is 1. The highest BCUT2D eigenvalue weighted by Gasteiger charge is 2.45. The smallest absolute Gasteiger partial charge is 0.295 e. The van der Waals surface area contributed by atoms with Crippen molar-refractivity contribution in [2.75, 3.05) is 52.6 Å². The number of aliphatic hydroxyl groups excluding tert-OH is 1. The maximum Gasteiger partial charge on any atom is 0.295 e. The van der Waals surface area contributed by atoms with Crippen LogP contribution in [0, 0.1) is 6.92 Å². The molecule has 0 saturated carbocycles. The molecule has 2 heterocycles. The van der Waals surface area contributed by atoms with E-state index in [-0.39, 0.29) is 17.9 Å². The predicted molar refractivity (Wildman–Crippen MR) is 154 cm³/mol. The van der Waals surface area contributed by atoms with Crippen LogP contribution in [0.4, 0.5) is 0 Å². The minimum Gasteiger partial charge on any atom is -0.507 e. The molecular formula is C31H39N3O7. The lowest BCUT2D eigenvalue weighted by atomic mass is 9.94. The molecule has 0 spiro atoms. The number of aliphatic hydroxyl groups is 1. The van der Waals surface area contributed by atoms with E-state index in [1.165, 1.54) is 4.90 Å². The van der Waals surface area contributed by atoms with Gasteiger partial charge in [-0.15, -0.1) is 0 Å². The van der Waals surface area contributed by atoms with Gasteiger partial charge < -0.3 is 30.0 Å². The Bertz CT molecular complexity index is 1270. The predicted octanol–water partition coefficient (Wildman–Crippen LogP) is 3.18. The molecule has 0 aliphatic carbocycles. The van der Waals surface area contributed by atoms with E-state index in [0.717, 1.165) is 38.0 Å². The van der Waals surface area contributed by atoms with Crippen molar-refractivity contribution in [1.82, 2.24) is 9.80 Å². The third-order valence-electron chi connectivity index (χ3n) is 7.30. The van der Waals surface area contributed by atoms with Crippen LogP contribution in [0.3, 0.4) is 0 Å². The number of nitrogens with two attached hydrogens (primary N) is 1. The first-order valence-corrected chi connectivity index (χ1v) is 14.1. The van der Waals surface area contributed by atoms with Crippen molar-refractivity contribution in [3.63, 3.8) is 0 Å². The molecule has 2 amide bonds. The molecular weight excluding hydrogens is 526 g/mol. The van der Waals surface area contributed by atoms with Gasteiger partial charge in [0.05, 0.1) is 31.4 Å². The fourth-order valence-electron chi connectivity index (χ4n) is 5.09. The second kappa shape index (κ2) is 14.1. The van der Waals surface area contributed by atoms with E-state index in [1.54, 1.807) is 42.5 Å². The molecule has 4 rings (SSSR count). The molecule has 0 bridgehead atoms. The Balaban J connectivity index is 1.64. The molecule has 0 radical (unpaired) electrons. The number of hydrogen-bond donors (Lipinski definition) is 2. The Kier molecular flexibility index (Phi) is 10.4. The summed E-state index contributed by atoms with van der Waals surface area (Å²) in [6, 6.07) is 11.2. The number of likely N-dealkylation sites (tertiary alicyclic amines) is 1. The molecule has 41 heavy (non-hydrogen) atoms. The third kappa shape index (κ3) is 7.45. The van der Waals surface area contributed by atoms with Crippen molar-refractivity contribution >= 4 is 23.4 Å². The first kappa shape index (κ1) is 30.1. The monoisotopic (exact) mass is 565 g/mol. The number of primary amides is 1. The summed E-state index contributed by atoms with van der Waals surface area (Å²) in [6.07, 6.45) is 2.61. The van der Waals surface area contributed by atoms with E-state index < -0.39 is 23.6 Å². The molecule has 220 valence electrons. The van der Waals surface area contributed by atoms with Crippen molar-refractivity contribution in [3.05, 3.63) is 64.7 Å². The van der Waals surface area contributed by atoms with E-state index >= 15 is 0 Å². The van der Waals surface area contributed by atoms with Crippen molar-refractivity contribution in [2.45, 2.75) is 39.2 Å². The summed E-state index contributed by atoms with van der Waals surface area (Å²) < 4.78 is 16.6. The van der Waals surface area contributed by atoms with Gasteiger partial charge in [0.1, 0.15) is 17.3 Å². The fraction of sp³-hybridized carbons (Fsp3) is 0.452. The van der Waals surface area contributed by atoms with Crippen molar-refractivity contribution in [2.24, 2.45) is 5.73 Å². The molecule has 2 aromatic carbocycles. The van der Waals surface area contributed by atoms with Crippen LogP contribution < -0.4 is 15.2 Å². The summed E-state index contributed by atoms with van der Waals surface area (Å²) in [6.45, 7) is 8.41. The second-order valence-corrected chi connectivity index (χ2v) is 10.3. The van der Waals surface area contributed by atoms with Crippen LogP contribution in [0.2, 0.25) is 0 Å². The van der Waals surface area contributed by atoms with Gasteiger partial charge in [0.15, 0.2) is 6.61 Å². The number of rotatable bonds is 13. The van der Waals surface area contributed by atoms with Gasteiger partial charge in [-0.1, -0.05) is 25.5 Å². The number of benzene rings is 2. The molecule has 3 N–H and O–H groups in total. The Morgan fingerprint density at radius 3 is 2.44 bits per heavy atom. The molecule has 2 fully saturated rings. The van der Waals surface area contributed by atoms with Gasteiger partial charge in [0.25, 0.3) is 17.6 Å². The number of carbonyl (C=O) groups is 3. The summed E-state index contributed by atoms with van der Waals surface area (Å²) in [5.74, 6) is -1.08. The molecule has 1 atom stereocenters. The van der Waals surface area contributed by atoms with Gasteiger partial charge in [-0.25, -0.2) is 0 Å². The van der Waals surface area contributed by atoms with Crippen molar-refractivity contribution < 1.29 is 33.7 Å². The first-order valence-electron chi connectivity index (χ1n) is 14.1. The number of carbonyl (C=O) groups excluding carboxylic acids is 3. The molecule has 2 aromatic rings. The van der Waals surface area contributed by atoms with Crippen LogP contribution in [-0.4, -0.2) is 85.1 Å². The molecule has 1 unspecified atom stereocenters. The molecule has 2 aliphatic heterocycles.